The standard InChI is InChI=1S/C27H23ClF2N2O3/c28-26(18-6-7-18)35-20-10-8-19(9-11-20)27-31-23-13-21(29)22(30)14-24(23)32(27)15-17-3-1-16(2-4-17)5-12-25(33)34/h1-4,8-11,13-14,18,26H,5-7,12,15H2,(H,33,34). The summed E-state index contributed by atoms with van der Waals surface area (Å²) in [5.41, 5.74) is 3.08. The maximum absolute atomic E-state index is 14.1. The third kappa shape index (κ3) is 5.30. The Kier molecular flexibility index (Phi) is 6.43. The first-order chi connectivity index (χ1) is 16.9. The highest BCUT2D eigenvalue weighted by Gasteiger charge is 2.31. The topological polar surface area (TPSA) is 64.3 Å². The number of fused-ring (bicyclic) bond motifs is 1. The van der Waals surface area contributed by atoms with Gasteiger partial charge in [-0.2, -0.15) is 0 Å². The van der Waals surface area contributed by atoms with Crippen LogP contribution in [0.2, 0.25) is 0 Å². The average molecular weight is 497 g/mol. The molecule has 1 N–H and O–H groups in total. The molecule has 1 aliphatic carbocycles. The van der Waals surface area contributed by atoms with Gasteiger partial charge in [-0.3, -0.25) is 4.79 Å². The van der Waals surface area contributed by atoms with Gasteiger partial charge in [0.05, 0.1) is 11.0 Å². The SMILES string of the molecule is O=C(O)CCc1ccc(Cn2c(-c3ccc(OC(Cl)C4CC4)cc3)nc3cc(F)c(F)cc32)cc1. The fourth-order valence-corrected chi connectivity index (χ4v) is 4.37. The van der Waals surface area contributed by atoms with Crippen molar-refractivity contribution in [2.75, 3.05) is 0 Å². The fraction of sp³-hybridized carbons (Fsp3) is 0.259. The van der Waals surface area contributed by atoms with Crippen molar-refractivity contribution in [2.24, 2.45) is 5.92 Å². The molecule has 0 aliphatic heterocycles. The number of halogens is 3. The van der Waals surface area contributed by atoms with E-state index in [-0.39, 0.29) is 12.0 Å². The number of aromatic nitrogens is 2. The second kappa shape index (κ2) is 9.66. The van der Waals surface area contributed by atoms with Crippen molar-refractivity contribution in [3.63, 3.8) is 0 Å². The lowest BCUT2D eigenvalue weighted by molar-refractivity contribution is -0.136. The van der Waals surface area contributed by atoms with Gasteiger partial charge in [-0.25, -0.2) is 13.8 Å². The molecule has 1 fully saturated rings. The molecule has 1 saturated carbocycles. The number of imidazole rings is 1. The lowest BCUT2D eigenvalue weighted by Crippen LogP contribution is -2.10. The lowest BCUT2D eigenvalue weighted by atomic mass is 10.1. The molecule has 0 bridgehead atoms. The van der Waals surface area contributed by atoms with Gasteiger partial charge in [0.25, 0.3) is 0 Å². The summed E-state index contributed by atoms with van der Waals surface area (Å²) >= 11 is 6.28. The Bertz CT molecular complexity index is 1370. The number of hydrogen-bond donors (Lipinski definition) is 1. The number of hydrogen-bond acceptors (Lipinski definition) is 3. The first-order valence-corrected chi connectivity index (χ1v) is 11.9. The minimum absolute atomic E-state index is 0.0608. The highest BCUT2D eigenvalue weighted by Crippen LogP contribution is 2.37. The zero-order chi connectivity index (χ0) is 24.5. The highest BCUT2D eigenvalue weighted by molar-refractivity contribution is 6.20. The van der Waals surface area contributed by atoms with E-state index in [1.165, 1.54) is 0 Å². The van der Waals surface area contributed by atoms with Gasteiger partial charge in [0.1, 0.15) is 11.6 Å². The molecule has 1 heterocycles. The summed E-state index contributed by atoms with van der Waals surface area (Å²) < 4.78 is 35.7. The minimum atomic E-state index is -0.950. The number of carboxylic acids is 1. The van der Waals surface area contributed by atoms with Gasteiger partial charge in [-0.1, -0.05) is 35.9 Å². The smallest absolute Gasteiger partial charge is 0.303 e. The molecular formula is C27H23ClF2N2O3. The first-order valence-electron chi connectivity index (χ1n) is 11.4. The molecule has 3 aromatic carbocycles. The molecule has 0 saturated heterocycles. The monoisotopic (exact) mass is 496 g/mol. The largest absolute Gasteiger partial charge is 0.481 e. The molecule has 1 unspecified atom stereocenters. The van der Waals surface area contributed by atoms with Crippen LogP contribution < -0.4 is 4.74 Å². The Morgan fingerprint density at radius 2 is 1.71 bits per heavy atom. The normalized spacial score (nSPS) is 14.3. The molecule has 8 heteroatoms. The van der Waals surface area contributed by atoms with Gasteiger partial charge in [0.15, 0.2) is 17.2 Å². The molecule has 1 aliphatic rings. The van der Waals surface area contributed by atoms with E-state index < -0.39 is 17.6 Å². The van der Waals surface area contributed by atoms with Gasteiger partial charge in [-0.05, 0) is 54.7 Å². The molecule has 1 aromatic heterocycles. The molecular weight excluding hydrogens is 474 g/mol. The molecule has 35 heavy (non-hydrogen) atoms. The van der Waals surface area contributed by atoms with Crippen molar-refractivity contribution in [1.29, 1.82) is 0 Å². The lowest BCUT2D eigenvalue weighted by Gasteiger charge is -2.13. The zero-order valence-corrected chi connectivity index (χ0v) is 19.5. The number of alkyl halides is 1. The number of carboxylic acid groups (broad SMARTS) is 1. The van der Waals surface area contributed by atoms with Crippen molar-refractivity contribution in [3.05, 3.63) is 83.4 Å². The molecule has 0 spiro atoms. The van der Waals surface area contributed by atoms with Crippen LogP contribution in [-0.4, -0.2) is 26.2 Å². The Morgan fingerprint density at radius 3 is 2.37 bits per heavy atom. The van der Waals surface area contributed by atoms with Crippen LogP contribution in [0.4, 0.5) is 8.78 Å². The predicted molar refractivity (Wildman–Crippen MR) is 130 cm³/mol. The zero-order valence-electron chi connectivity index (χ0n) is 18.8. The van der Waals surface area contributed by atoms with Crippen molar-refractivity contribution < 1.29 is 23.4 Å². The third-order valence-corrected chi connectivity index (χ3v) is 6.58. The van der Waals surface area contributed by atoms with Crippen LogP contribution in [0.5, 0.6) is 5.75 Å². The Morgan fingerprint density at radius 1 is 1.06 bits per heavy atom. The third-order valence-electron chi connectivity index (χ3n) is 6.14. The maximum Gasteiger partial charge on any atom is 0.303 e. The van der Waals surface area contributed by atoms with E-state index in [9.17, 15) is 13.6 Å². The first kappa shape index (κ1) is 23.3. The Balaban J connectivity index is 1.46. The summed E-state index contributed by atoms with van der Waals surface area (Å²) in [6, 6.07) is 17.2. The van der Waals surface area contributed by atoms with Gasteiger partial charge in [0.2, 0.25) is 0 Å². The van der Waals surface area contributed by atoms with Crippen LogP contribution in [0, 0.1) is 17.6 Å². The number of aliphatic carboxylic acids is 1. The molecule has 4 aromatic rings. The summed E-state index contributed by atoms with van der Waals surface area (Å²) in [4.78, 5) is 15.4. The van der Waals surface area contributed by atoms with E-state index in [1.54, 1.807) is 0 Å². The van der Waals surface area contributed by atoms with Gasteiger partial charge in [-0.15, -0.1) is 0 Å². The van der Waals surface area contributed by atoms with E-state index in [4.69, 9.17) is 21.4 Å². The molecule has 1 atom stereocenters. The number of carbonyl (C=O) groups is 1. The number of benzene rings is 3. The summed E-state index contributed by atoms with van der Waals surface area (Å²) in [6.07, 6.45) is 2.65. The van der Waals surface area contributed by atoms with Crippen LogP contribution in [0.3, 0.4) is 0 Å². The number of ether oxygens (including phenoxy) is 1. The number of aryl methyl sites for hydroxylation is 1. The number of nitrogens with zero attached hydrogens (tertiary/aromatic N) is 2. The van der Waals surface area contributed by atoms with Crippen LogP contribution in [0.15, 0.2) is 60.7 Å². The van der Waals surface area contributed by atoms with Crippen LogP contribution in [0.1, 0.15) is 30.4 Å². The van der Waals surface area contributed by atoms with Crippen LogP contribution in [0.25, 0.3) is 22.4 Å². The Hall–Kier alpha value is -3.45. The molecule has 5 rings (SSSR count). The fourth-order valence-electron chi connectivity index (χ4n) is 4.01. The van der Waals surface area contributed by atoms with Gasteiger partial charge < -0.3 is 14.4 Å². The minimum Gasteiger partial charge on any atom is -0.481 e. The van der Waals surface area contributed by atoms with E-state index in [2.05, 4.69) is 4.98 Å². The summed E-state index contributed by atoms with van der Waals surface area (Å²) in [7, 11) is 0. The number of rotatable bonds is 9. The predicted octanol–water partition coefficient (Wildman–Crippen LogP) is 6.40. The second-order valence-electron chi connectivity index (χ2n) is 8.82. The molecule has 0 radical (unpaired) electrons. The van der Waals surface area contributed by atoms with E-state index in [0.717, 1.165) is 41.7 Å². The van der Waals surface area contributed by atoms with Crippen molar-refractivity contribution >= 4 is 28.6 Å². The maximum atomic E-state index is 14.1. The van der Waals surface area contributed by atoms with Crippen LogP contribution in [-0.2, 0) is 17.8 Å². The van der Waals surface area contributed by atoms with Crippen molar-refractivity contribution in [3.8, 4) is 17.1 Å². The van der Waals surface area contributed by atoms with E-state index in [1.807, 2.05) is 53.1 Å². The average Bonchev–Trinajstić information content (AvgIpc) is 3.64. The van der Waals surface area contributed by atoms with Gasteiger partial charge >= 0.3 is 5.97 Å². The molecule has 0 amide bonds. The molecule has 5 nitrogen and oxygen atoms in total. The second-order valence-corrected chi connectivity index (χ2v) is 9.25. The Labute approximate surface area is 205 Å². The van der Waals surface area contributed by atoms with Crippen molar-refractivity contribution in [2.45, 2.75) is 37.8 Å². The van der Waals surface area contributed by atoms with Crippen LogP contribution >= 0.6 is 11.6 Å². The molecule has 180 valence electrons. The van der Waals surface area contributed by atoms with E-state index >= 15 is 0 Å². The summed E-state index contributed by atoms with van der Waals surface area (Å²) in [5, 5.41) is 8.89. The highest BCUT2D eigenvalue weighted by atomic mass is 35.5. The summed E-state index contributed by atoms with van der Waals surface area (Å²) in [6.45, 7) is 0.375. The quantitative estimate of drug-likeness (QED) is 0.272. The van der Waals surface area contributed by atoms with Gasteiger partial charge in [0, 0.05) is 36.6 Å². The van der Waals surface area contributed by atoms with Crippen molar-refractivity contribution in [1.82, 2.24) is 9.55 Å². The van der Waals surface area contributed by atoms with E-state index in [0.29, 0.717) is 41.5 Å². The summed E-state index contributed by atoms with van der Waals surface area (Å²) in [5.74, 6) is -1.13.